The largest absolute Gasteiger partial charge is 0.461 e. The molecule has 0 bridgehead atoms. The highest BCUT2D eigenvalue weighted by Crippen LogP contribution is 2.13. The highest BCUT2D eigenvalue weighted by atomic mass is 16.5. The normalized spacial score (nSPS) is 10.5. The monoisotopic (exact) mass is 204 g/mol. The van der Waals surface area contributed by atoms with Gasteiger partial charge in [0.05, 0.1) is 6.61 Å². The molecular formula is C11H12N2O2. The van der Waals surface area contributed by atoms with Crippen LogP contribution in [0.4, 0.5) is 0 Å². The highest BCUT2D eigenvalue weighted by molar-refractivity contribution is 5.90. The van der Waals surface area contributed by atoms with Gasteiger partial charge < -0.3 is 9.30 Å². The molecule has 15 heavy (non-hydrogen) atoms. The first-order chi connectivity index (χ1) is 7.22. The third kappa shape index (κ3) is 1.70. The van der Waals surface area contributed by atoms with E-state index in [2.05, 4.69) is 4.98 Å². The maximum absolute atomic E-state index is 11.4. The van der Waals surface area contributed by atoms with Gasteiger partial charge in [0.25, 0.3) is 0 Å². The highest BCUT2D eigenvalue weighted by Gasteiger charge is 2.09. The van der Waals surface area contributed by atoms with Gasteiger partial charge in [-0.25, -0.2) is 9.78 Å². The molecular weight excluding hydrogens is 192 g/mol. The summed E-state index contributed by atoms with van der Waals surface area (Å²) in [6.07, 6.45) is 1.91. The second-order valence-corrected chi connectivity index (χ2v) is 3.26. The predicted octanol–water partition coefficient (Wildman–Crippen LogP) is 1.75. The lowest BCUT2D eigenvalue weighted by atomic mass is 10.3. The Bertz CT molecular complexity index is 502. The summed E-state index contributed by atoms with van der Waals surface area (Å²) in [4.78, 5) is 15.7. The van der Waals surface area contributed by atoms with Gasteiger partial charge in [-0.2, -0.15) is 0 Å². The Hall–Kier alpha value is -1.84. The first kappa shape index (κ1) is 9.71. The molecule has 0 saturated heterocycles. The number of rotatable bonds is 2. The Morgan fingerprint density at radius 2 is 2.27 bits per heavy atom. The van der Waals surface area contributed by atoms with E-state index in [9.17, 15) is 4.79 Å². The zero-order chi connectivity index (χ0) is 10.8. The molecule has 2 rings (SSSR count). The number of carbonyl (C=O) groups is 1. The predicted molar refractivity (Wildman–Crippen MR) is 56.7 cm³/mol. The Labute approximate surface area is 87.5 Å². The number of esters is 1. The van der Waals surface area contributed by atoms with E-state index in [1.165, 1.54) is 0 Å². The summed E-state index contributed by atoms with van der Waals surface area (Å²) in [7, 11) is 1.89. The maximum atomic E-state index is 11.4. The fraction of sp³-hybridized carbons (Fsp3) is 0.273. The first-order valence-electron chi connectivity index (χ1n) is 4.81. The van der Waals surface area contributed by atoms with Crippen LogP contribution in [-0.2, 0) is 11.8 Å². The average Bonchev–Trinajstić information content (AvgIpc) is 2.60. The zero-order valence-electron chi connectivity index (χ0n) is 8.73. The molecule has 0 aromatic carbocycles. The van der Waals surface area contributed by atoms with E-state index in [0.29, 0.717) is 12.3 Å². The molecule has 2 heterocycles. The van der Waals surface area contributed by atoms with Crippen molar-refractivity contribution in [2.75, 3.05) is 6.61 Å². The maximum Gasteiger partial charge on any atom is 0.356 e. The smallest absolute Gasteiger partial charge is 0.356 e. The number of hydrogen-bond donors (Lipinski definition) is 0. The molecule has 0 spiro atoms. The van der Waals surface area contributed by atoms with Crippen LogP contribution in [0, 0.1) is 0 Å². The van der Waals surface area contributed by atoms with Crippen LogP contribution < -0.4 is 0 Å². The van der Waals surface area contributed by atoms with Gasteiger partial charge in [-0.3, -0.25) is 0 Å². The van der Waals surface area contributed by atoms with Crippen molar-refractivity contribution in [3.63, 3.8) is 0 Å². The molecule has 0 radical (unpaired) electrons. The van der Waals surface area contributed by atoms with Crippen LogP contribution in [0.3, 0.4) is 0 Å². The Balaban J connectivity index is 2.45. The summed E-state index contributed by atoms with van der Waals surface area (Å²) in [5.41, 5.74) is 1.15. The summed E-state index contributed by atoms with van der Waals surface area (Å²) in [5, 5.41) is 1.02. The summed E-state index contributed by atoms with van der Waals surface area (Å²) in [5.74, 6) is -0.374. The van der Waals surface area contributed by atoms with Crippen LogP contribution in [0.15, 0.2) is 24.4 Å². The Morgan fingerprint density at radius 3 is 3.00 bits per heavy atom. The van der Waals surface area contributed by atoms with Crippen molar-refractivity contribution >= 4 is 17.0 Å². The van der Waals surface area contributed by atoms with Crippen molar-refractivity contribution in [2.45, 2.75) is 6.92 Å². The molecule has 2 aromatic heterocycles. The molecule has 0 fully saturated rings. The third-order valence-corrected chi connectivity index (χ3v) is 2.20. The van der Waals surface area contributed by atoms with Crippen molar-refractivity contribution in [1.82, 2.24) is 9.55 Å². The lowest BCUT2D eigenvalue weighted by Crippen LogP contribution is -2.07. The van der Waals surface area contributed by atoms with Crippen molar-refractivity contribution in [3.8, 4) is 0 Å². The molecule has 0 aliphatic rings. The standard InChI is InChI=1S/C11H12N2O2/c1-3-15-11(14)9-5-4-8-6-7-13(2)10(8)12-9/h4-7H,3H2,1-2H3. The van der Waals surface area contributed by atoms with Gasteiger partial charge in [0.2, 0.25) is 0 Å². The van der Waals surface area contributed by atoms with E-state index in [0.717, 1.165) is 11.0 Å². The second-order valence-electron chi connectivity index (χ2n) is 3.26. The van der Waals surface area contributed by atoms with E-state index in [-0.39, 0.29) is 5.97 Å². The molecule has 4 heteroatoms. The van der Waals surface area contributed by atoms with Gasteiger partial charge >= 0.3 is 5.97 Å². The number of aryl methyl sites for hydroxylation is 1. The minimum Gasteiger partial charge on any atom is -0.461 e. The minimum absolute atomic E-state index is 0.353. The van der Waals surface area contributed by atoms with E-state index >= 15 is 0 Å². The SMILES string of the molecule is CCOC(=O)c1ccc2ccn(C)c2n1. The second kappa shape index (κ2) is 3.73. The third-order valence-electron chi connectivity index (χ3n) is 2.20. The lowest BCUT2D eigenvalue weighted by Gasteiger charge is -2.01. The lowest BCUT2D eigenvalue weighted by molar-refractivity contribution is 0.0520. The van der Waals surface area contributed by atoms with Crippen LogP contribution in [0.25, 0.3) is 11.0 Å². The average molecular weight is 204 g/mol. The van der Waals surface area contributed by atoms with Crippen molar-refractivity contribution in [2.24, 2.45) is 7.05 Å². The number of aromatic nitrogens is 2. The summed E-state index contributed by atoms with van der Waals surface area (Å²) in [6.45, 7) is 2.14. The fourth-order valence-corrected chi connectivity index (χ4v) is 1.45. The summed E-state index contributed by atoms with van der Waals surface area (Å²) < 4.78 is 6.76. The molecule has 0 aliphatic heterocycles. The number of ether oxygens (including phenoxy) is 1. The van der Waals surface area contributed by atoms with Gasteiger partial charge in [0.1, 0.15) is 5.65 Å². The summed E-state index contributed by atoms with van der Waals surface area (Å²) >= 11 is 0. The van der Waals surface area contributed by atoms with Gasteiger partial charge in [0, 0.05) is 18.6 Å². The van der Waals surface area contributed by atoms with Gasteiger partial charge in [0.15, 0.2) is 5.69 Å². The topological polar surface area (TPSA) is 44.1 Å². The van der Waals surface area contributed by atoms with E-state index in [4.69, 9.17) is 4.74 Å². The molecule has 2 aromatic rings. The fourth-order valence-electron chi connectivity index (χ4n) is 1.45. The Kier molecular flexibility index (Phi) is 2.41. The number of fused-ring (bicyclic) bond motifs is 1. The molecule has 0 unspecified atom stereocenters. The van der Waals surface area contributed by atoms with Crippen molar-refractivity contribution in [1.29, 1.82) is 0 Å². The van der Waals surface area contributed by atoms with E-state index in [1.54, 1.807) is 13.0 Å². The zero-order valence-corrected chi connectivity index (χ0v) is 8.73. The quantitative estimate of drug-likeness (QED) is 0.700. The van der Waals surface area contributed by atoms with Crippen molar-refractivity contribution < 1.29 is 9.53 Å². The molecule has 4 nitrogen and oxygen atoms in total. The van der Waals surface area contributed by atoms with Crippen LogP contribution in [0.1, 0.15) is 17.4 Å². The molecule has 0 atom stereocenters. The molecule has 0 amide bonds. The summed E-state index contributed by atoms with van der Waals surface area (Å²) in [6, 6.07) is 5.51. The van der Waals surface area contributed by atoms with Crippen LogP contribution in [0.2, 0.25) is 0 Å². The van der Waals surface area contributed by atoms with Crippen LogP contribution in [-0.4, -0.2) is 22.1 Å². The number of nitrogens with zero attached hydrogens (tertiary/aromatic N) is 2. The van der Waals surface area contributed by atoms with Crippen LogP contribution >= 0.6 is 0 Å². The van der Waals surface area contributed by atoms with E-state index in [1.807, 2.05) is 29.9 Å². The number of pyridine rings is 1. The molecule has 0 saturated carbocycles. The number of carbonyl (C=O) groups excluding carboxylic acids is 1. The van der Waals surface area contributed by atoms with Gasteiger partial charge in [-0.1, -0.05) is 0 Å². The number of hydrogen-bond acceptors (Lipinski definition) is 3. The van der Waals surface area contributed by atoms with Gasteiger partial charge in [-0.05, 0) is 25.1 Å². The molecule has 78 valence electrons. The van der Waals surface area contributed by atoms with Crippen molar-refractivity contribution in [3.05, 3.63) is 30.1 Å². The van der Waals surface area contributed by atoms with Crippen LogP contribution in [0.5, 0.6) is 0 Å². The molecule has 0 N–H and O–H groups in total. The minimum atomic E-state index is -0.374. The van der Waals surface area contributed by atoms with Gasteiger partial charge in [-0.15, -0.1) is 0 Å². The van der Waals surface area contributed by atoms with E-state index < -0.39 is 0 Å². The first-order valence-corrected chi connectivity index (χ1v) is 4.81. The molecule has 0 aliphatic carbocycles. The Morgan fingerprint density at radius 1 is 1.47 bits per heavy atom.